The van der Waals surface area contributed by atoms with Crippen LogP contribution in [0.3, 0.4) is 0 Å². The summed E-state index contributed by atoms with van der Waals surface area (Å²) in [6.07, 6.45) is 3.52. The zero-order valence-corrected chi connectivity index (χ0v) is 14.9. The monoisotopic (exact) mass is 359 g/mol. The van der Waals surface area contributed by atoms with Crippen molar-refractivity contribution in [2.45, 2.75) is 6.92 Å². The number of hydrogen-bond donors (Lipinski definition) is 1. The molecule has 2 heterocycles. The molecule has 0 spiro atoms. The normalized spacial score (nSPS) is 10.9. The first-order valence-electron chi connectivity index (χ1n) is 8.42. The number of carbonyl (C=O) groups is 1. The third-order valence-electron chi connectivity index (χ3n) is 4.32. The van der Waals surface area contributed by atoms with Crippen molar-refractivity contribution in [2.75, 3.05) is 5.32 Å². The van der Waals surface area contributed by atoms with Crippen molar-refractivity contribution in [3.05, 3.63) is 82.4 Å². The summed E-state index contributed by atoms with van der Waals surface area (Å²) in [5.41, 5.74) is 2.57. The van der Waals surface area contributed by atoms with Gasteiger partial charge in [0, 0.05) is 25.1 Å². The number of fused-ring (bicyclic) bond motifs is 1. The van der Waals surface area contributed by atoms with Gasteiger partial charge in [-0.25, -0.2) is 4.68 Å². The summed E-state index contributed by atoms with van der Waals surface area (Å²) in [4.78, 5) is 25.4. The van der Waals surface area contributed by atoms with E-state index in [4.69, 9.17) is 0 Å². The van der Waals surface area contributed by atoms with Crippen LogP contribution in [0.2, 0.25) is 0 Å². The number of anilines is 1. The highest BCUT2D eigenvalue weighted by Gasteiger charge is 2.17. The van der Waals surface area contributed by atoms with Crippen LogP contribution in [-0.4, -0.2) is 25.5 Å². The smallest absolute Gasteiger partial charge is 0.280 e. The maximum absolute atomic E-state index is 12.7. The van der Waals surface area contributed by atoms with Gasteiger partial charge in [0.15, 0.2) is 5.69 Å². The summed E-state index contributed by atoms with van der Waals surface area (Å²) < 4.78 is 3.26. The molecule has 2 aromatic carbocycles. The SMILES string of the molecule is Cc1ccc2c(c1)c(=O)c(C(=O)Nc1ccc(-n3cccn3)cc1)nn2C. The van der Waals surface area contributed by atoms with Gasteiger partial charge < -0.3 is 5.32 Å². The molecule has 1 N–H and O–H groups in total. The molecule has 0 radical (unpaired) electrons. The second kappa shape index (κ2) is 6.53. The van der Waals surface area contributed by atoms with E-state index in [1.165, 1.54) is 0 Å². The molecule has 7 nitrogen and oxygen atoms in total. The minimum Gasteiger partial charge on any atom is -0.320 e. The van der Waals surface area contributed by atoms with Gasteiger partial charge in [0.1, 0.15) is 0 Å². The molecule has 4 aromatic rings. The topological polar surface area (TPSA) is 81.8 Å². The molecule has 0 aliphatic rings. The lowest BCUT2D eigenvalue weighted by Crippen LogP contribution is -2.26. The van der Waals surface area contributed by atoms with E-state index < -0.39 is 5.91 Å². The largest absolute Gasteiger partial charge is 0.320 e. The van der Waals surface area contributed by atoms with Gasteiger partial charge in [-0.2, -0.15) is 10.2 Å². The van der Waals surface area contributed by atoms with Gasteiger partial charge in [0.25, 0.3) is 5.91 Å². The molecular formula is C20H17N5O2. The Labute approximate surface area is 154 Å². The van der Waals surface area contributed by atoms with Crippen LogP contribution in [0.1, 0.15) is 16.1 Å². The zero-order chi connectivity index (χ0) is 19.0. The summed E-state index contributed by atoms with van der Waals surface area (Å²) in [5.74, 6) is -0.536. The number of hydrogen-bond acceptors (Lipinski definition) is 4. The molecule has 0 unspecified atom stereocenters. The molecule has 0 aliphatic heterocycles. The van der Waals surface area contributed by atoms with Crippen molar-refractivity contribution >= 4 is 22.5 Å². The standard InChI is InChI=1S/C20H17N5O2/c1-13-4-9-17-16(12-13)19(26)18(23-24(17)2)20(27)22-14-5-7-15(8-6-14)25-11-3-10-21-25/h3-12H,1-2H3,(H,22,27). The lowest BCUT2D eigenvalue weighted by molar-refractivity contribution is 0.101. The number of rotatable bonds is 3. The maximum Gasteiger partial charge on any atom is 0.280 e. The fourth-order valence-electron chi connectivity index (χ4n) is 2.95. The van der Waals surface area contributed by atoms with Crippen LogP contribution in [0, 0.1) is 6.92 Å². The van der Waals surface area contributed by atoms with E-state index >= 15 is 0 Å². The zero-order valence-electron chi connectivity index (χ0n) is 14.9. The first kappa shape index (κ1) is 16.7. The van der Waals surface area contributed by atoms with Crippen molar-refractivity contribution in [3.63, 3.8) is 0 Å². The average Bonchev–Trinajstić information content (AvgIpc) is 3.20. The molecule has 134 valence electrons. The number of aryl methyl sites for hydroxylation is 2. The number of aromatic nitrogens is 4. The summed E-state index contributed by atoms with van der Waals surface area (Å²) in [6.45, 7) is 1.90. The van der Waals surface area contributed by atoms with Crippen LogP contribution in [0.4, 0.5) is 5.69 Å². The maximum atomic E-state index is 12.7. The van der Waals surface area contributed by atoms with Gasteiger partial charge in [-0.3, -0.25) is 14.3 Å². The number of benzene rings is 2. The number of amides is 1. The fraction of sp³-hybridized carbons (Fsp3) is 0.100. The molecule has 27 heavy (non-hydrogen) atoms. The third-order valence-corrected chi connectivity index (χ3v) is 4.32. The highest BCUT2D eigenvalue weighted by molar-refractivity contribution is 6.04. The number of carbonyl (C=O) groups excluding carboxylic acids is 1. The molecule has 0 saturated carbocycles. The first-order valence-corrected chi connectivity index (χ1v) is 8.42. The highest BCUT2D eigenvalue weighted by atomic mass is 16.2. The van der Waals surface area contributed by atoms with Gasteiger partial charge in [0.05, 0.1) is 16.6 Å². The van der Waals surface area contributed by atoms with E-state index in [2.05, 4.69) is 15.5 Å². The Morgan fingerprint density at radius 1 is 1.11 bits per heavy atom. The summed E-state index contributed by atoms with van der Waals surface area (Å²) >= 11 is 0. The number of nitrogens with one attached hydrogen (secondary N) is 1. The molecule has 0 bridgehead atoms. The lowest BCUT2D eigenvalue weighted by Gasteiger charge is -2.09. The Morgan fingerprint density at radius 3 is 2.59 bits per heavy atom. The quantitative estimate of drug-likeness (QED) is 0.610. The minimum atomic E-state index is -0.536. The molecular weight excluding hydrogens is 342 g/mol. The summed E-state index contributed by atoms with van der Waals surface area (Å²) in [5, 5.41) is 11.5. The van der Waals surface area contributed by atoms with Crippen molar-refractivity contribution < 1.29 is 4.79 Å². The molecule has 0 aliphatic carbocycles. The van der Waals surface area contributed by atoms with Crippen molar-refractivity contribution in [1.29, 1.82) is 0 Å². The van der Waals surface area contributed by atoms with E-state index in [-0.39, 0.29) is 11.1 Å². The van der Waals surface area contributed by atoms with Crippen LogP contribution in [0.25, 0.3) is 16.6 Å². The van der Waals surface area contributed by atoms with E-state index in [1.807, 2.05) is 43.5 Å². The van der Waals surface area contributed by atoms with Crippen LogP contribution in [-0.2, 0) is 7.05 Å². The van der Waals surface area contributed by atoms with Gasteiger partial charge in [-0.05, 0) is 49.4 Å². The second-order valence-electron chi connectivity index (χ2n) is 6.27. The van der Waals surface area contributed by atoms with E-state index in [0.717, 1.165) is 11.3 Å². The number of nitrogens with zero attached hydrogens (tertiary/aromatic N) is 4. The Balaban J connectivity index is 1.65. The summed E-state index contributed by atoms with van der Waals surface area (Å²) in [6, 6.07) is 14.5. The van der Waals surface area contributed by atoms with Gasteiger partial charge >= 0.3 is 0 Å². The van der Waals surface area contributed by atoms with E-state index in [9.17, 15) is 9.59 Å². The average molecular weight is 359 g/mol. The van der Waals surface area contributed by atoms with Crippen LogP contribution >= 0.6 is 0 Å². The highest BCUT2D eigenvalue weighted by Crippen LogP contribution is 2.15. The molecule has 0 saturated heterocycles. The van der Waals surface area contributed by atoms with Gasteiger partial charge in [0.2, 0.25) is 5.43 Å². The van der Waals surface area contributed by atoms with Gasteiger partial charge in [-0.1, -0.05) is 11.6 Å². The van der Waals surface area contributed by atoms with Gasteiger partial charge in [-0.15, -0.1) is 0 Å². The molecule has 7 heteroatoms. The fourth-order valence-corrected chi connectivity index (χ4v) is 2.95. The summed E-state index contributed by atoms with van der Waals surface area (Å²) in [7, 11) is 1.72. The molecule has 1 amide bonds. The Kier molecular flexibility index (Phi) is 4.04. The van der Waals surface area contributed by atoms with Crippen molar-refractivity contribution in [1.82, 2.24) is 19.6 Å². The van der Waals surface area contributed by atoms with Crippen molar-refractivity contribution in [3.8, 4) is 5.69 Å². The third kappa shape index (κ3) is 3.10. The molecule has 0 fully saturated rings. The van der Waals surface area contributed by atoms with Crippen LogP contribution in [0.15, 0.2) is 65.7 Å². The van der Waals surface area contributed by atoms with E-state index in [0.29, 0.717) is 16.6 Å². The predicted octanol–water partition coefficient (Wildman–Crippen LogP) is 2.68. The molecule has 4 rings (SSSR count). The molecule has 0 atom stereocenters. The lowest BCUT2D eigenvalue weighted by atomic mass is 10.1. The Hall–Kier alpha value is -3.74. The van der Waals surface area contributed by atoms with Crippen LogP contribution in [0.5, 0.6) is 0 Å². The minimum absolute atomic E-state index is 0.133. The Morgan fingerprint density at radius 2 is 1.89 bits per heavy atom. The van der Waals surface area contributed by atoms with Crippen molar-refractivity contribution in [2.24, 2.45) is 7.05 Å². The molecule has 2 aromatic heterocycles. The second-order valence-corrected chi connectivity index (χ2v) is 6.27. The Bertz CT molecular complexity index is 1190. The van der Waals surface area contributed by atoms with Crippen LogP contribution < -0.4 is 10.7 Å². The first-order chi connectivity index (χ1) is 13.0. The van der Waals surface area contributed by atoms with E-state index in [1.54, 1.807) is 40.8 Å². The predicted molar refractivity (Wildman–Crippen MR) is 103 cm³/mol.